The fourth-order valence-electron chi connectivity index (χ4n) is 1.14. The van der Waals surface area contributed by atoms with Crippen LogP contribution in [0.3, 0.4) is 0 Å². The van der Waals surface area contributed by atoms with Gasteiger partial charge in [0.15, 0.2) is 0 Å². The summed E-state index contributed by atoms with van der Waals surface area (Å²) in [5, 5.41) is 12.0. The summed E-state index contributed by atoms with van der Waals surface area (Å²) in [5.74, 6) is -0.972. The number of furan rings is 1. The molecule has 0 aliphatic heterocycles. The molecule has 0 radical (unpaired) electrons. The maximum absolute atomic E-state index is 11.9. The molecule has 92 valence electrons. The molecule has 0 bridgehead atoms. The van der Waals surface area contributed by atoms with Gasteiger partial charge < -0.3 is 14.8 Å². The van der Waals surface area contributed by atoms with Gasteiger partial charge in [0.2, 0.25) is 0 Å². The van der Waals surface area contributed by atoms with Gasteiger partial charge in [0.1, 0.15) is 11.5 Å². The lowest BCUT2D eigenvalue weighted by atomic mass is 10.4. The fourth-order valence-corrected chi connectivity index (χ4v) is 1.59. The smallest absolute Gasteiger partial charge is 0.284 e. The summed E-state index contributed by atoms with van der Waals surface area (Å²) in [7, 11) is 0. The van der Waals surface area contributed by atoms with Crippen molar-refractivity contribution in [2.45, 2.75) is 31.1 Å². The Balaban J connectivity index is 2.28. The van der Waals surface area contributed by atoms with Crippen molar-refractivity contribution in [1.82, 2.24) is 5.32 Å². The number of alkyl halides is 2. The zero-order chi connectivity index (χ0) is 12.0. The molecule has 0 amide bonds. The van der Waals surface area contributed by atoms with Crippen LogP contribution in [0.25, 0.3) is 0 Å². The van der Waals surface area contributed by atoms with Gasteiger partial charge in [-0.3, -0.25) is 0 Å². The Kier molecular flexibility index (Phi) is 5.79. The summed E-state index contributed by atoms with van der Waals surface area (Å²) in [6, 6.07) is 3.44. The van der Waals surface area contributed by atoms with Crippen LogP contribution in [-0.2, 0) is 12.3 Å². The molecule has 6 heteroatoms. The Morgan fingerprint density at radius 3 is 2.75 bits per heavy atom. The Morgan fingerprint density at radius 1 is 1.44 bits per heavy atom. The Hall–Kier alpha value is -0.590. The minimum Gasteiger partial charge on any atom is -0.464 e. The summed E-state index contributed by atoms with van der Waals surface area (Å²) in [6.45, 7) is 2.64. The maximum Gasteiger partial charge on any atom is 0.284 e. The Labute approximate surface area is 97.2 Å². The minimum atomic E-state index is -2.37. The van der Waals surface area contributed by atoms with E-state index in [0.717, 1.165) is 0 Å². The zero-order valence-electron chi connectivity index (χ0n) is 8.95. The third-order valence-corrected chi connectivity index (χ3v) is 2.51. The van der Waals surface area contributed by atoms with E-state index >= 15 is 0 Å². The molecular weight excluding hydrogens is 236 g/mol. The van der Waals surface area contributed by atoms with Crippen molar-refractivity contribution in [3.05, 3.63) is 23.7 Å². The summed E-state index contributed by atoms with van der Waals surface area (Å²) in [5.41, 5.74) is 0. The second-order valence-corrected chi connectivity index (χ2v) is 4.40. The van der Waals surface area contributed by atoms with Gasteiger partial charge in [-0.1, -0.05) is 11.8 Å². The van der Waals surface area contributed by atoms with Gasteiger partial charge in [-0.05, 0) is 19.1 Å². The SMILES string of the molecule is CC(O)CNCc1ccc(CSC(F)F)o1. The van der Waals surface area contributed by atoms with Crippen molar-refractivity contribution in [3.8, 4) is 0 Å². The second-order valence-electron chi connectivity index (χ2n) is 3.42. The largest absolute Gasteiger partial charge is 0.464 e. The number of rotatable bonds is 7. The first-order valence-corrected chi connectivity index (χ1v) is 5.99. The van der Waals surface area contributed by atoms with E-state index in [9.17, 15) is 8.78 Å². The molecule has 1 rings (SSSR count). The van der Waals surface area contributed by atoms with Crippen LogP contribution in [0.4, 0.5) is 8.78 Å². The van der Waals surface area contributed by atoms with Gasteiger partial charge >= 0.3 is 0 Å². The minimum absolute atomic E-state index is 0.175. The number of hydrogen-bond acceptors (Lipinski definition) is 4. The first-order valence-electron chi connectivity index (χ1n) is 4.94. The highest BCUT2D eigenvalue weighted by Crippen LogP contribution is 2.21. The van der Waals surface area contributed by atoms with Crippen molar-refractivity contribution in [2.24, 2.45) is 0 Å². The highest BCUT2D eigenvalue weighted by molar-refractivity contribution is 7.98. The zero-order valence-corrected chi connectivity index (χ0v) is 9.77. The van der Waals surface area contributed by atoms with E-state index in [1.54, 1.807) is 19.1 Å². The van der Waals surface area contributed by atoms with Gasteiger partial charge in [-0.15, -0.1) is 0 Å². The molecule has 1 heterocycles. The normalized spacial score (nSPS) is 13.3. The molecule has 0 fully saturated rings. The Bertz CT molecular complexity index is 305. The number of aliphatic hydroxyl groups excluding tert-OH is 1. The van der Waals surface area contributed by atoms with Crippen LogP contribution < -0.4 is 5.32 Å². The molecule has 0 aliphatic carbocycles. The van der Waals surface area contributed by atoms with E-state index < -0.39 is 11.9 Å². The number of aliphatic hydroxyl groups is 1. The van der Waals surface area contributed by atoms with E-state index in [4.69, 9.17) is 9.52 Å². The quantitative estimate of drug-likeness (QED) is 0.780. The monoisotopic (exact) mass is 251 g/mol. The van der Waals surface area contributed by atoms with Crippen molar-refractivity contribution in [1.29, 1.82) is 0 Å². The predicted octanol–water partition coefficient (Wildman–Crippen LogP) is 2.21. The second kappa shape index (κ2) is 6.88. The molecule has 0 saturated heterocycles. The molecule has 1 atom stereocenters. The van der Waals surface area contributed by atoms with Gasteiger partial charge in [-0.25, -0.2) is 0 Å². The van der Waals surface area contributed by atoms with Gasteiger partial charge in [-0.2, -0.15) is 8.78 Å². The van der Waals surface area contributed by atoms with Crippen LogP contribution in [0.5, 0.6) is 0 Å². The third kappa shape index (κ3) is 5.48. The van der Waals surface area contributed by atoms with Gasteiger partial charge in [0.25, 0.3) is 5.76 Å². The summed E-state index contributed by atoms with van der Waals surface area (Å²) in [4.78, 5) is 0. The van der Waals surface area contributed by atoms with E-state index in [0.29, 0.717) is 36.4 Å². The molecule has 0 aromatic carbocycles. The van der Waals surface area contributed by atoms with E-state index in [1.165, 1.54) is 0 Å². The first kappa shape index (κ1) is 13.5. The molecule has 1 aromatic heterocycles. The highest BCUT2D eigenvalue weighted by atomic mass is 32.2. The lowest BCUT2D eigenvalue weighted by molar-refractivity contribution is 0.190. The van der Waals surface area contributed by atoms with Crippen LogP contribution in [0, 0.1) is 0 Å². The Morgan fingerprint density at radius 2 is 2.12 bits per heavy atom. The number of thioether (sulfide) groups is 1. The molecular formula is C10H15F2NO2S. The maximum atomic E-state index is 11.9. The fraction of sp³-hybridized carbons (Fsp3) is 0.600. The molecule has 1 unspecified atom stereocenters. The third-order valence-electron chi connectivity index (χ3n) is 1.81. The first-order chi connectivity index (χ1) is 7.58. The molecule has 16 heavy (non-hydrogen) atoms. The molecule has 3 nitrogen and oxygen atoms in total. The average Bonchev–Trinajstić information content (AvgIpc) is 2.62. The number of nitrogens with one attached hydrogen (secondary N) is 1. The number of hydrogen-bond donors (Lipinski definition) is 2. The topological polar surface area (TPSA) is 45.4 Å². The van der Waals surface area contributed by atoms with Crippen molar-refractivity contribution in [3.63, 3.8) is 0 Å². The summed E-state index contributed by atoms with van der Waals surface area (Å²) >= 11 is 0.539. The highest BCUT2D eigenvalue weighted by Gasteiger charge is 2.07. The van der Waals surface area contributed by atoms with Crippen molar-refractivity contribution >= 4 is 11.8 Å². The summed E-state index contributed by atoms with van der Waals surface area (Å²) < 4.78 is 29.1. The standard InChI is InChI=1S/C10H15F2NO2S/c1-7(14)4-13-5-8-2-3-9(15-8)6-16-10(11)12/h2-3,7,10,13-14H,4-6H2,1H3. The van der Waals surface area contributed by atoms with E-state index in [1.807, 2.05) is 0 Å². The van der Waals surface area contributed by atoms with Crippen LogP contribution in [-0.4, -0.2) is 23.5 Å². The summed E-state index contributed by atoms with van der Waals surface area (Å²) in [6.07, 6.45) is -0.413. The lowest BCUT2D eigenvalue weighted by Gasteiger charge is -2.04. The molecule has 1 aromatic rings. The molecule has 0 saturated carbocycles. The van der Waals surface area contributed by atoms with E-state index in [-0.39, 0.29) is 5.75 Å². The lowest BCUT2D eigenvalue weighted by Crippen LogP contribution is -2.23. The van der Waals surface area contributed by atoms with E-state index in [2.05, 4.69) is 5.32 Å². The molecule has 0 aliphatic rings. The molecule has 2 N–H and O–H groups in total. The van der Waals surface area contributed by atoms with Crippen LogP contribution >= 0.6 is 11.8 Å². The van der Waals surface area contributed by atoms with Crippen molar-refractivity contribution in [2.75, 3.05) is 6.54 Å². The van der Waals surface area contributed by atoms with Crippen LogP contribution in [0.2, 0.25) is 0 Å². The average molecular weight is 251 g/mol. The van der Waals surface area contributed by atoms with Gasteiger partial charge in [0, 0.05) is 6.54 Å². The molecule has 0 spiro atoms. The number of halogens is 2. The van der Waals surface area contributed by atoms with Gasteiger partial charge in [0.05, 0.1) is 18.4 Å². The van der Waals surface area contributed by atoms with Crippen LogP contribution in [0.15, 0.2) is 16.5 Å². The predicted molar refractivity (Wildman–Crippen MR) is 59.4 cm³/mol. The van der Waals surface area contributed by atoms with Crippen LogP contribution in [0.1, 0.15) is 18.4 Å². The van der Waals surface area contributed by atoms with Crippen molar-refractivity contribution < 1.29 is 18.3 Å².